The molecule has 0 aliphatic carbocycles. The van der Waals surface area contributed by atoms with E-state index < -0.39 is 0 Å². The molecule has 0 spiro atoms. The van der Waals surface area contributed by atoms with Crippen LogP contribution in [0.25, 0.3) is 6.08 Å². The van der Waals surface area contributed by atoms with Gasteiger partial charge in [0.15, 0.2) is 11.5 Å². The largest absolute Gasteiger partial charge is 0.490 e. The summed E-state index contributed by atoms with van der Waals surface area (Å²) in [5.41, 5.74) is 1.15. The summed E-state index contributed by atoms with van der Waals surface area (Å²) in [6.45, 7) is 7.83. The summed E-state index contributed by atoms with van der Waals surface area (Å²) < 4.78 is 11.3. The lowest BCUT2D eigenvalue weighted by Gasteiger charge is -2.07. The van der Waals surface area contributed by atoms with E-state index in [4.69, 9.17) is 9.47 Å². The van der Waals surface area contributed by atoms with Crippen molar-refractivity contribution in [1.29, 1.82) is 0 Å². The van der Waals surface area contributed by atoms with Crippen molar-refractivity contribution < 1.29 is 9.47 Å². The second-order valence-corrected chi connectivity index (χ2v) is 5.21. The quantitative estimate of drug-likeness (QED) is 0.826. The maximum atomic E-state index is 5.67. The van der Waals surface area contributed by atoms with Crippen molar-refractivity contribution in [1.82, 2.24) is 5.32 Å². The van der Waals surface area contributed by atoms with Gasteiger partial charge in [0.05, 0.1) is 13.2 Å². The van der Waals surface area contributed by atoms with Crippen molar-refractivity contribution in [2.24, 2.45) is 5.92 Å². The highest BCUT2D eigenvalue weighted by Crippen LogP contribution is 2.30. The minimum absolute atomic E-state index is 0.687. The molecule has 0 unspecified atom stereocenters. The van der Waals surface area contributed by atoms with Crippen molar-refractivity contribution >= 4 is 6.08 Å². The maximum Gasteiger partial charge on any atom is 0.161 e. The summed E-state index contributed by atoms with van der Waals surface area (Å²) >= 11 is 0. The zero-order valence-electron chi connectivity index (χ0n) is 11.8. The van der Waals surface area contributed by atoms with Crippen LogP contribution < -0.4 is 14.8 Å². The summed E-state index contributed by atoms with van der Waals surface area (Å²) in [5.74, 6) is 2.40. The third kappa shape index (κ3) is 4.60. The molecule has 2 rings (SSSR count). The van der Waals surface area contributed by atoms with Gasteiger partial charge < -0.3 is 14.8 Å². The van der Waals surface area contributed by atoms with E-state index in [-0.39, 0.29) is 0 Å². The van der Waals surface area contributed by atoms with Crippen LogP contribution in [0.2, 0.25) is 0 Å². The number of benzene rings is 1. The molecule has 0 radical (unpaired) electrons. The lowest BCUT2D eigenvalue weighted by atomic mass is 10.2. The van der Waals surface area contributed by atoms with Gasteiger partial charge in [-0.15, -0.1) is 0 Å². The Bertz CT molecular complexity index is 427. The molecule has 0 bridgehead atoms. The Labute approximate surface area is 115 Å². The van der Waals surface area contributed by atoms with E-state index in [2.05, 4.69) is 37.4 Å². The predicted octanol–water partition coefficient (Wildman–Crippen LogP) is 3.11. The molecule has 1 aromatic carbocycles. The third-order valence-electron chi connectivity index (χ3n) is 2.90. The third-order valence-corrected chi connectivity index (χ3v) is 2.90. The molecule has 0 amide bonds. The highest BCUT2D eigenvalue weighted by molar-refractivity contribution is 5.56. The fourth-order valence-electron chi connectivity index (χ4n) is 1.93. The number of ether oxygens (including phenoxy) is 2. The van der Waals surface area contributed by atoms with Crippen LogP contribution in [0.15, 0.2) is 24.3 Å². The molecule has 0 saturated carbocycles. The first kappa shape index (κ1) is 13.9. The lowest BCUT2D eigenvalue weighted by molar-refractivity contribution is 0.297. The minimum Gasteiger partial charge on any atom is -0.490 e. The molecule has 0 fully saturated rings. The van der Waals surface area contributed by atoms with E-state index in [0.717, 1.165) is 49.8 Å². The van der Waals surface area contributed by atoms with Crippen molar-refractivity contribution in [3.05, 3.63) is 29.8 Å². The van der Waals surface area contributed by atoms with Gasteiger partial charge in [-0.25, -0.2) is 0 Å². The van der Waals surface area contributed by atoms with Crippen molar-refractivity contribution in [3.8, 4) is 11.5 Å². The molecule has 1 aromatic rings. The van der Waals surface area contributed by atoms with Gasteiger partial charge in [0, 0.05) is 13.0 Å². The summed E-state index contributed by atoms with van der Waals surface area (Å²) in [6, 6.07) is 6.09. The highest BCUT2D eigenvalue weighted by Gasteiger charge is 2.09. The van der Waals surface area contributed by atoms with E-state index >= 15 is 0 Å². The van der Waals surface area contributed by atoms with Crippen LogP contribution in [-0.4, -0.2) is 26.3 Å². The van der Waals surface area contributed by atoms with Crippen LogP contribution >= 0.6 is 0 Å². The number of hydrogen-bond acceptors (Lipinski definition) is 3. The van der Waals surface area contributed by atoms with Gasteiger partial charge in [-0.1, -0.05) is 32.1 Å². The highest BCUT2D eigenvalue weighted by atomic mass is 16.5. The average Bonchev–Trinajstić information content (AvgIpc) is 2.62. The first-order chi connectivity index (χ1) is 9.25. The molecular formula is C16H23NO2. The monoisotopic (exact) mass is 261 g/mol. The lowest BCUT2D eigenvalue weighted by Crippen LogP contribution is -2.19. The van der Waals surface area contributed by atoms with Gasteiger partial charge in [-0.3, -0.25) is 0 Å². The van der Waals surface area contributed by atoms with Gasteiger partial charge in [-0.05, 0) is 30.2 Å². The standard InChI is InChI=1S/C16H23NO2/c1-13(2)12-17-8-3-5-14-6-7-15-16(11-14)19-10-4-9-18-15/h3,5-7,11,13,17H,4,8-10,12H2,1-2H3. The van der Waals surface area contributed by atoms with Gasteiger partial charge in [0.25, 0.3) is 0 Å². The Morgan fingerprint density at radius 1 is 1.21 bits per heavy atom. The van der Waals surface area contributed by atoms with E-state index in [9.17, 15) is 0 Å². The number of nitrogens with one attached hydrogen (secondary N) is 1. The predicted molar refractivity (Wildman–Crippen MR) is 78.8 cm³/mol. The van der Waals surface area contributed by atoms with E-state index in [1.54, 1.807) is 0 Å². The molecule has 0 saturated heterocycles. The fourth-order valence-corrected chi connectivity index (χ4v) is 1.93. The van der Waals surface area contributed by atoms with Crippen LogP contribution in [0, 0.1) is 5.92 Å². The maximum absolute atomic E-state index is 5.67. The molecule has 1 aliphatic rings. The summed E-state index contributed by atoms with van der Waals surface area (Å²) in [7, 11) is 0. The molecule has 3 nitrogen and oxygen atoms in total. The molecule has 0 aromatic heterocycles. The molecule has 19 heavy (non-hydrogen) atoms. The normalized spacial score (nSPS) is 14.9. The van der Waals surface area contributed by atoms with Gasteiger partial charge in [-0.2, -0.15) is 0 Å². The molecule has 104 valence electrons. The number of fused-ring (bicyclic) bond motifs is 1. The van der Waals surface area contributed by atoms with Crippen LogP contribution in [0.5, 0.6) is 11.5 Å². The molecule has 1 heterocycles. The summed E-state index contributed by atoms with van der Waals surface area (Å²) in [6.07, 6.45) is 5.20. The molecule has 0 atom stereocenters. The SMILES string of the molecule is CC(C)CNCC=Cc1ccc2c(c1)OCCCO2. The first-order valence-corrected chi connectivity index (χ1v) is 7.02. The first-order valence-electron chi connectivity index (χ1n) is 7.02. The van der Waals surface area contributed by atoms with Crippen molar-refractivity contribution in [2.45, 2.75) is 20.3 Å². The molecule has 1 aliphatic heterocycles. The Hall–Kier alpha value is -1.48. The van der Waals surface area contributed by atoms with Crippen LogP contribution in [-0.2, 0) is 0 Å². The van der Waals surface area contributed by atoms with Crippen molar-refractivity contribution in [2.75, 3.05) is 26.3 Å². The zero-order valence-corrected chi connectivity index (χ0v) is 11.8. The molecule has 3 heteroatoms. The molecule has 1 N–H and O–H groups in total. The van der Waals surface area contributed by atoms with E-state index in [1.807, 2.05) is 12.1 Å². The van der Waals surface area contributed by atoms with Gasteiger partial charge in [0.2, 0.25) is 0 Å². The zero-order chi connectivity index (χ0) is 13.5. The fraction of sp³-hybridized carbons (Fsp3) is 0.500. The summed E-state index contributed by atoms with van der Waals surface area (Å²) in [5, 5.41) is 3.38. The topological polar surface area (TPSA) is 30.5 Å². The van der Waals surface area contributed by atoms with Gasteiger partial charge in [0.1, 0.15) is 0 Å². The number of rotatable bonds is 5. The van der Waals surface area contributed by atoms with E-state index in [1.165, 1.54) is 0 Å². The Morgan fingerprint density at radius 3 is 2.79 bits per heavy atom. The Kier molecular flexibility index (Phi) is 5.28. The summed E-state index contributed by atoms with van der Waals surface area (Å²) in [4.78, 5) is 0. The molecular weight excluding hydrogens is 238 g/mol. The minimum atomic E-state index is 0.687. The van der Waals surface area contributed by atoms with Crippen LogP contribution in [0.4, 0.5) is 0 Å². The smallest absolute Gasteiger partial charge is 0.161 e. The number of hydrogen-bond donors (Lipinski definition) is 1. The van der Waals surface area contributed by atoms with Gasteiger partial charge >= 0.3 is 0 Å². The average molecular weight is 261 g/mol. The Morgan fingerprint density at radius 2 is 2.00 bits per heavy atom. The van der Waals surface area contributed by atoms with Crippen molar-refractivity contribution in [3.63, 3.8) is 0 Å². The second kappa shape index (κ2) is 7.19. The van der Waals surface area contributed by atoms with Crippen LogP contribution in [0.1, 0.15) is 25.8 Å². The van der Waals surface area contributed by atoms with E-state index in [0.29, 0.717) is 5.92 Å². The van der Waals surface area contributed by atoms with Crippen LogP contribution in [0.3, 0.4) is 0 Å². The Balaban J connectivity index is 1.90. The second-order valence-electron chi connectivity index (χ2n) is 5.21.